The predicted octanol–water partition coefficient (Wildman–Crippen LogP) is 3.01. The molecule has 2 N–H and O–H groups in total. The Morgan fingerprint density at radius 1 is 1.32 bits per heavy atom. The molecule has 0 aliphatic carbocycles. The topological polar surface area (TPSA) is 65.2 Å². The maximum atomic E-state index is 12.8. The maximum Gasteiger partial charge on any atom is 0.246 e. The quantitative estimate of drug-likeness (QED) is 0.898. The highest BCUT2D eigenvalue weighted by molar-refractivity contribution is 5.94. The van der Waals surface area contributed by atoms with Crippen molar-refractivity contribution < 1.29 is 9.59 Å². The zero-order chi connectivity index (χ0) is 18.2. The minimum absolute atomic E-state index is 0.0615. The molecule has 25 heavy (non-hydrogen) atoms. The summed E-state index contributed by atoms with van der Waals surface area (Å²) < 4.78 is 0. The van der Waals surface area contributed by atoms with Gasteiger partial charge in [0, 0.05) is 35.6 Å². The lowest BCUT2D eigenvalue weighted by atomic mass is 9.95. The van der Waals surface area contributed by atoms with Crippen molar-refractivity contribution >= 4 is 22.7 Å². The van der Waals surface area contributed by atoms with Gasteiger partial charge in [-0.2, -0.15) is 0 Å². The molecule has 0 radical (unpaired) electrons. The van der Waals surface area contributed by atoms with Crippen molar-refractivity contribution in [3.8, 4) is 0 Å². The van der Waals surface area contributed by atoms with Crippen LogP contribution >= 0.6 is 0 Å². The Labute approximate surface area is 148 Å². The minimum atomic E-state index is -0.767. The number of amides is 2. The number of aromatic amines is 1. The molecule has 5 nitrogen and oxygen atoms in total. The number of nitrogens with zero attached hydrogens (tertiary/aromatic N) is 1. The fourth-order valence-corrected chi connectivity index (χ4v) is 3.55. The number of H-pyrrole nitrogens is 1. The summed E-state index contributed by atoms with van der Waals surface area (Å²) in [5.74, 6) is -0.00354. The number of rotatable bonds is 4. The molecule has 5 heteroatoms. The van der Waals surface area contributed by atoms with Crippen molar-refractivity contribution in [1.82, 2.24) is 15.2 Å². The molecule has 1 atom stereocenters. The second-order valence-electron chi connectivity index (χ2n) is 8.13. The average Bonchev–Trinajstić information content (AvgIpc) is 3.07. The summed E-state index contributed by atoms with van der Waals surface area (Å²) in [7, 11) is 0. The number of aromatic nitrogens is 1. The summed E-state index contributed by atoms with van der Waals surface area (Å²) in [5.41, 5.74) is 1.19. The van der Waals surface area contributed by atoms with E-state index in [9.17, 15) is 9.59 Å². The van der Waals surface area contributed by atoms with Gasteiger partial charge in [0.1, 0.15) is 5.54 Å². The molecule has 134 valence electrons. The van der Waals surface area contributed by atoms with E-state index in [1.54, 1.807) is 4.90 Å². The Balaban J connectivity index is 1.77. The van der Waals surface area contributed by atoms with Gasteiger partial charge < -0.3 is 15.2 Å². The van der Waals surface area contributed by atoms with Gasteiger partial charge in [-0.3, -0.25) is 9.59 Å². The van der Waals surface area contributed by atoms with Crippen molar-refractivity contribution in [3.63, 3.8) is 0 Å². The number of hydrogen-bond donors (Lipinski definition) is 2. The SMILES string of the molecule is CC(C)(C)NC(=O)[C@]1(C)CCC(=O)N1CCc1c[nH]c2ccccc12. The third kappa shape index (κ3) is 3.41. The molecule has 1 aromatic carbocycles. The molecule has 1 fully saturated rings. The summed E-state index contributed by atoms with van der Waals surface area (Å²) in [6, 6.07) is 8.14. The van der Waals surface area contributed by atoms with Gasteiger partial charge in [-0.15, -0.1) is 0 Å². The van der Waals surface area contributed by atoms with Crippen LogP contribution in [-0.4, -0.2) is 39.3 Å². The third-order valence-electron chi connectivity index (χ3n) is 4.98. The van der Waals surface area contributed by atoms with Crippen LogP contribution in [0.5, 0.6) is 0 Å². The molecule has 0 spiro atoms. The summed E-state index contributed by atoms with van der Waals surface area (Å²) in [6.07, 6.45) is 3.73. The van der Waals surface area contributed by atoms with Crippen LogP contribution in [-0.2, 0) is 16.0 Å². The molecule has 0 saturated carbocycles. The van der Waals surface area contributed by atoms with E-state index in [2.05, 4.69) is 16.4 Å². The first-order valence-corrected chi connectivity index (χ1v) is 8.89. The number of fused-ring (bicyclic) bond motifs is 1. The monoisotopic (exact) mass is 341 g/mol. The highest BCUT2D eigenvalue weighted by Gasteiger charge is 2.47. The number of benzene rings is 1. The van der Waals surface area contributed by atoms with Gasteiger partial charge in [-0.05, 0) is 52.2 Å². The first-order chi connectivity index (χ1) is 11.7. The fourth-order valence-electron chi connectivity index (χ4n) is 3.55. The lowest BCUT2D eigenvalue weighted by Crippen LogP contribution is -2.58. The number of nitrogens with one attached hydrogen (secondary N) is 2. The second kappa shape index (κ2) is 6.21. The molecule has 2 amide bonds. The fraction of sp³-hybridized carbons (Fsp3) is 0.500. The van der Waals surface area contributed by atoms with Crippen molar-refractivity contribution in [1.29, 1.82) is 0 Å². The van der Waals surface area contributed by atoms with E-state index in [0.717, 1.165) is 11.9 Å². The Morgan fingerprint density at radius 3 is 2.76 bits per heavy atom. The van der Waals surface area contributed by atoms with Gasteiger partial charge >= 0.3 is 0 Å². The van der Waals surface area contributed by atoms with Gasteiger partial charge in [0.05, 0.1) is 0 Å². The van der Waals surface area contributed by atoms with E-state index in [1.165, 1.54) is 10.9 Å². The summed E-state index contributed by atoms with van der Waals surface area (Å²) in [4.78, 5) is 30.2. The number of para-hydroxylation sites is 1. The highest BCUT2D eigenvalue weighted by Crippen LogP contribution is 2.31. The molecular weight excluding hydrogens is 314 g/mol. The Kier molecular flexibility index (Phi) is 4.35. The third-order valence-corrected chi connectivity index (χ3v) is 4.98. The van der Waals surface area contributed by atoms with E-state index in [4.69, 9.17) is 0 Å². The van der Waals surface area contributed by atoms with Crippen LogP contribution in [0, 0.1) is 0 Å². The molecule has 2 heterocycles. The largest absolute Gasteiger partial charge is 0.361 e. The Hall–Kier alpha value is -2.30. The van der Waals surface area contributed by atoms with E-state index in [1.807, 2.05) is 52.1 Å². The van der Waals surface area contributed by atoms with Gasteiger partial charge in [0.25, 0.3) is 0 Å². The summed E-state index contributed by atoms with van der Waals surface area (Å²) >= 11 is 0. The normalized spacial score (nSPS) is 21.1. The van der Waals surface area contributed by atoms with Crippen LogP contribution in [0.1, 0.15) is 46.1 Å². The maximum absolute atomic E-state index is 12.8. The first-order valence-electron chi connectivity index (χ1n) is 8.89. The van der Waals surface area contributed by atoms with E-state index in [-0.39, 0.29) is 17.4 Å². The van der Waals surface area contributed by atoms with Crippen LogP contribution in [0.4, 0.5) is 0 Å². The molecular formula is C20H27N3O2. The van der Waals surface area contributed by atoms with Gasteiger partial charge in [0.15, 0.2) is 0 Å². The zero-order valence-electron chi connectivity index (χ0n) is 15.5. The standard InChI is InChI=1S/C20H27N3O2/c1-19(2,3)22-18(25)20(4)11-9-17(24)23(20)12-10-14-13-21-16-8-6-5-7-15(14)16/h5-8,13,21H,9-12H2,1-4H3,(H,22,25)/t20-/m0/s1. The number of carbonyl (C=O) groups excluding carboxylic acids is 2. The van der Waals surface area contributed by atoms with Gasteiger partial charge in [-0.1, -0.05) is 18.2 Å². The van der Waals surface area contributed by atoms with Crippen LogP contribution in [0.2, 0.25) is 0 Å². The Bertz CT molecular complexity index is 803. The van der Waals surface area contributed by atoms with E-state index in [0.29, 0.717) is 19.4 Å². The van der Waals surface area contributed by atoms with Crippen LogP contribution < -0.4 is 5.32 Å². The highest BCUT2D eigenvalue weighted by atomic mass is 16.2. The Morgan fingerprint density at radius 2 is 2.04 bits per heavy atom. The molecule has 1 aliphatic heterocycles. The van der Waals surface area contributed by atoms with Crippen molar-refractivity contribution in [3.05, 3.63) is 36.0 Å². The second-order valence-corrected chi connectivity index (χ2v) is 8.13. The minimum Gasteiger partial charge on any atom is -0.361 e. The van der Waals surface area contributed by atoms with Gasteiger partial charge in [-0.25, -0.2) is 0 Å². The summed E-state index contributed by atoms with van der Waals surface area (Å²) in [6.45, 7) is 8.31. The molecule has 1 aliphatic rings. The number of carbonyl (C=O) groups is 2. The van der Waals surface area contributed by atoms with Crippen molar-refractivity contribution in [2.75, 3.05) is 6.54 Å². The van der Waals surface area contributed by atoms with Crippen molar-refractivity contribution in [2.24, 2.45) is 0 Å². The molecule has 1 aromatic heterocycles. The van der Waals surface area contributed by atoms with E-state index < -0.39 is 5.54 Å². The zero-order valence-corrected chi connectivity index (χ0v) is 15.5. The lowest BCUT2D eigenvalue weighted by molar-refractivity contribution is -0.141. The molecule has 0 bridgehead atoms. The molecule has 0 unspecified atom stereocenters. The first kappa shape index (κ1) is 17.5. The van der Waals surface area contributed by atoms with Crippen LogP contribution in [0.3, 0.4) is 0 Å². The molecule has 2 aromatic rings. The van der Waals surface area contributed by atoms with Crippen molar-refractivity contribution in [2.45, 2.75) is 58.0 Å². The average molecular weight is 341 g/mol. The number of hydrogen-bond acceptors (Lipinski definition) is 2. The lowest BCUT2D eigenvalue weighted by Gasteiger charge is -2.36. The smallest absolute Gasteiger partial charge is 0.246 e. The molecule has 1 saturated heterocycles. The molecule has 3 rings (SSSR count). The van der Waals surface area contributed by atoms with E-state index >= 15 is 0 Å². The predicted molar refractivity (Wildman–Crippen MR) is 99.3 cm³/mol. The van der Waals surface area contributed by atoms with Gasteiger partial charge in [0.2, 0.25) is 11.8 Å². The van der Waals surface area contributed by atoms with Crippen LogP contribution in [0.25, 0.3) is 10.9 Å². The number of likely N-dealkylation sites (tertiary alicyclic amines) is 1. The van der Waals surface area contributed by atoms with Crippen LogP contribution in [0.15, 0.2) is 30.5 Å². The summed E-state index contributed by atoms with van der Waals surface area (Å²) in [5, 5.41) is 4.21.